The third kappa shape index (κ3) is 4.27. The van der Waals surface area contributed by atoms with E-state index in [-0.39, 0.29) is 6.10 Å². The molecule has 24 heavy (non-hydrogen) atoms. The molecule has 0 aliphatic carbocycles. The lowest BCUT2D eigenvalue weighted by Crippen LogP contribution is -2.20. The van der Waals surface area contributed by atoms with E-state index >= 15 is 0 Å². The van der Waals surface area contributed by atoms with Crippen LogP contribution in [0.25, 0.3) is 0 Å². The maximum atomic E-state index is 6.07. The molecular weight excluding hydrogens is 328 g/mol. The summed E-state index contributed by atoms with van der Waals surface area (Å²) in [5.74, 6) is 1.96. The molecule has 7 heteroatoms. The van der Waals surface area contributed by atoms with Crippen LogP contribution < -0.4 is 15.4 Å². The number of nitrogens with one attached hydrogen (secondary N) is 2. The quantitative estimate of drug-likeness (QED) is 0.828. The molecule has 0 saturated carbocycles. The molecule has 2 aromatic rings. The molecule has 1 aliphatic heterocycles. The monoisotopic (exact) mass is 348 g/mol. The zero-order valence-corrected chi connectivity index (χ0v) is 14.6. The first-order valence-electron chi connectivity index (χ1n) is 7.96. The molecule has 2 N–H and O–H groups in total. The predicted molar refractivity (Wildman–Crippen MR) is 95.5 cm³/mol. The number of benzene rings is 1. The van der Waals surface area contributed by atoms with E-state index in [1.807, 2.05) is 19.1 Å². The molecule has 2 heterocycles. The van der Waals surface area contributed by atoms with Crippen LogP contribution in [-0.4, -0.2) is 36.3 Å². The van der Waals surface area contributed by atoms with Crippen molar-refractivity contribution in [2.24, 2.45) is 0 Å². The molecular formula is C17H21ClN4O2. The van der Waals surface area contributed by atoms with Gasteiger partial charge in [0.2, 0.25) is 5.95 Å². The highest BCUT2D eigenvalue weighted by Crippen LogP contribution is 2.30. The predicted octanol–water partition coefficient (Wildman–Crippen LogP) is 3.78. The van der Waals surface area contributed by atoms with E-state index in [0.29, 0.717) is 29.1 Å². The number of aryl methyl sites for hydroxylation is 1. The minimum atomic E-state index is 0.235. The smallest absolute Gasteiger partial charge is 0.224 e. The largest absolute Gasteiger partial charge is 0.495 e. The Balaban J connectivity index is 1.74. The van der Waals surface area contributed by atoms with Crippen molar-refractivity contribution in [3.05, 3.63) is 35.0 Å². The van der Waals surface area contributed by atoms with Gasteiger partial charge in [-0.25, -0.2) is 4.98 Å². The molecule has 0 radical (unpaired) electrons. The summed E-state index contributed by atoms with van der Waals surface area (Å²) in [6, 6.07) is 7.27. The summed E-state index contributed by atoms with van der Waals surface area (Å²) in [5.41, 5.74) is 1.62. The molecule has 0 spiro atoms. The lowest BCUT2D eigenvalue weighted by atomic mass is 10.2. The summed E-state index contributed by atoms with van der Waals surface area (Å²) in [5, 5.41) is 7.12. The van der Waals surface area contributed by atoms with Gasteiger partial charge >= 0.3 is 0 Å². The van der Waals surface area contributed by atoms with Crippen LogP contribution in [0.15, 0.2) is 24.3 Å². The van der Waals surface area contributed by atoms with E-state index in [9.17, 15) is 0 Å². The van der Waals surface area contributed by atoms with Crippen molar-refractivity contribution < 1.29 is 9.47 Å². The molecule has 1 aromatic carbocycles. The van der Waals surface area contributed by atoms with Gasteiger partial charge in [-0.3, -0.25) is 0 Å². The fourth-order valence-corrected chi connectivity index (χ4v) is 2.81. The second-order valence-electron chi connectivity index (χ2n) is 5.70. The van der Waals surface area contributed by atoms with Crippen LogP contribution in [0.1, 0.15) is 18.5 Å². The Hall–Kier alpha value is -2.05. The third-order valence-electron chi connectivity index (χ3n) is 3.79. The normalized spacial score (nSPS) is 16.9. The molecule has 0 amide bonds. The fourth-order valence-electron chi connectivity index (χ4n) is 2.64. The zero-order valence-electron chi connectivity index (χ0n) is 13.8. The van der Waals surface area contributed by atoms with E-state index in [0.717, 1.165) is 30.8 Å². The number of hydrogen-bond donors (Lipinski definition) is 2. The van der Waals surface area contributed by atoms with Crippen LogP contribution in [0.5, 0.6) is 5.75 Å². The number of ether oxygens (including phenoxy) is 2. The van der Waals surface area contributed by atoms with Crippen LogP contribution >= 0.6 is 11.6 Å². The van der Waals surface area contributed by atoms with Crippen molar-refractivity contribution in [3.8, 4) is 5.75 Å². The number of anilines is 3. The van der Waals surface area contributed by atoms with Gasteiger partial charge in [-0.05, 0) is 38.0 Å². The standard InChI is InChI=1S/C17H21ClN4O2/c1-11-8-16(21-14-9-12(18)5-6-15(14)23-2)22-17(20-11)19-10-13-4-3-7-24-13/h5-6,8-9,13H,3-4,7,10H2,1-2H3,(H2,19,20,21,22). The van der Waals surface area contributed by atoms with E-state index in [1.54, 1.807) is 19.2 Å². The average Bonchev–Trinajstić information content (AvgIpc) is 3.06. The van der Waals surface area contributed by atoms with Crippen molar-refractivity contribution in [3.63, 3.8) is 0 Å². The Morgan fingerprint density at radius 3 is 2.96 bits per heavy atom. The highest BCUT2D eigenvalue weighted by molar-refractivity contribution is 6.31. The minimum Gasteiger partial charge on any atom is -0.495 e. The first-order chi connectivity index (χ1) is 11.6. The van der Waals surface area contributed by atoms with Gasteiger partial charge < -0.3 is 20.1 Å². The molecule has 3 rings (SSSR count). The summed E-state index contributed by atoms with van der Waals surface area (Å²) in [6.07, 6.45) is 2.42. The van der Waals surface area contributed by atoms with E-state index in [2.05, 4.69) is 20.6 Å². The Kier molecular flexibility index (Phi) is 5.37. The first kappa shape index (κ1) is 16.8. The van der Waals surface area contributed by atoms with Gasteiger partial charge in [0, 0.05) is 29.9 Å². The topological polar surface area (TPSA) is 68.3 Å². The second kappa shape index (κ2) is 7.68. The first-order valence-corrected chi connectivity index (χ1v) is 8.33. The number of halogens is 1. The molecule has 1 aliphatic rings. The Morgan fingerprint density at radius 2 is 2.21 bits per heavy atom. The van der Waals surface area contributed by atoms with Crippen LogP contribution in [-0.2, 0) is 4.74 Å². The van der Waals surface area contributed by atoms with E-state index < -0.39 is 0 Å². The highest BCUT2D eigenvalue weighted by atomic mass is 35.5. The fraction of sp³-hybridized carbons (Fsp3) is 0.412. The number of nitrogens with zero attached hydrogens (tertiary/aromatic N) is 2. The number of hydrogen-bond acceptors (Lipinski definition) is 6. The summed E-state index contributed by atoms with van der Waals surface area (Å²) < 4.78 is 11.0. The number of methoxy groups -OCH3 is 1. The van der Waals surface area contributed by atoms with E-state index in [4.69, 9.17) is 21.1 Å². The van der Waals surface area contributed by atoms with Gasteiger partial charge in [0.05, 0.1) is 18.9 Å². The molecule has 1 unspecified atom stereocenters. The van der Waals surface area contributed by atoms with Gasteiger partial charge in [-0.15, -0.1) is 0 Å². The summed E-state index contributed by atoms with van der Waals surface area (Å²) in [7, 11) is 1.62. The molecule has 1 atom stereocenters. The number of rotatable bonds is 6. The minimum absolute atomic E-state index is 0.235. The molecule has 1 fully saturated rings. The molecule has 1 saturated heterocycles. The molecule has 6 nitrogen and oxygen atoms in total. The lowest BCUT2D eigenvalue weighted by molar-refractivity contribution is 0.120. The lowest BCUT2D eigenvalue weighted by Gasteiger charge is -2.14. The van der Waals surface area contributed by atoms with Crippen molar-refractivity contribution in [2.45, 2.75) is 25.9 Å². The Labute approximate surface area is 146 Å². The summed E-state index contributed by atoms with van der Waals surface area (Å²) in [4.78, 5) is 8.93. The molecule has 128 valence electrons. The molecule has 1 aromatic heterocycles. The summed E-state index contributed by atoms with van der Waals surface area (Å²) in [6.45, 7) is 3.48. The van der Waals surface area contributed by atoms with Crippen molar-refractivity contribution in [1.82, 2.24) is 9.97 Å². The highest BCUT2D eigenvalue weighted by Gasteiger charge is 2.15. The van der Waals surface area contributed by atoms with Gasteiger partial charge in [-0.1, -0.05) is 11.6 Å². The van der Waals surface area contributed by atoms with Gasteiger partial charge in [0.25, 0.3) is 0 Å². The van der Waals surface area contributed by atoms with Crippen molar-refractivity contribution >= 4 is 29.1 Å². The zero-order chi connectivity index (χ0) is 16.9. The van der Waals surface area contributed by atoms with Crippen molar-refractivity contribution in [2.75, 3.05) is 30.9 Å². The SMILES string of the molecule is COc1ccc(Cl)cc1Nc1cc(C)nc(NCC2CCCO2)n1. The van der Waals surface area contributed by atoms with Crippen molar-refractivity contribution in [1.29, 1.82) is 0 Å². The van der Waals surface area contributed by atoms with Crippen LogP contribution in [0.3, 0.4) is 0 Å². The van der Waals surface area contributed by atoms with Crippen LogP contribution in [0.4, 0.5) is 17.5 Å². The summed E-state index contributed by atoms with van der Waals surface area (Å²) >= 11 is 6.07. The Bertz CT molecular complexity index is 705. The second-order valence-corrected chi connectivity index (χ2v) is 6.14. The van der Waals surface area contributed by atoms with E-state index in [1.165, 1.54) is 0 Å². The molecule has 0 bridgehead atoms. The van der Waals surface area contributed by atoms with Crippen LogP contribution in [0, 0.1) is 6.92 Å². The number of aromatic nitrogens is 2. The maximum absolute atomic E-state index is 6.07. The van der Waals surface area contributed by atoms with Crippen LogP contribution in [0.2, 0.25) is 5.02 Å². The van der Waals surface area contributed by atoms with Gasteiger partial charge in [0.15, 0.2) is 0 Å². The van der Waals surface area contributed by atoms with Gasteiger partial charge in [0.1, 0.15) is 11.6 Å². The third-order valence-corrected chi connectivity index (χ3v) is 4.03. The average molecular weight is 349 g/mol. The van der Waals surface area contributed by atoms with Gasteiger partial charge in [-0.2, -0.15) is 4.98 Å². The maximum Gasteiger partial charge on any atom is 0.224 e. The Morgan fingerprint density at radius 1 is 1.33 bits per heavy atom.